The molecular formula is C15H21NO4. The van der Waals surface area contributed by atoms with E-state index in [-0.39, 0.29) is 5.41 Å². The maximum absolute atomic E-state index is 12.2. The van der Waals surface area contributed by atoms with Crippen LogP contribution < -0.4 is 5.32 Å². The van der Waals surface area contributed by atoms with Crippen LogP contribution in [0.4, 0.5) is 0 Å². The van der Waals surface area contributed by atoms with Crippen molar-refractivity contribution < 1.29 is 19.8 Å². The van der Waals surface area contributed by atoms with E-state index >= 15 is 0 Å². The van der Waals surface area contributed by atoms with Crippen LogP contribution in [0.25, 0.3) is 0 Å². The summed E-state index contributed by atoms with van der Waals surface area (Å²) in [5, 5.41) is 20.8. The van der Waals surface area contributed by atoms with Gasteiger partial charge in [-0.05, 0) is 24.0 Å². The molecule has 0 aliphatic carbocycles. The minimum atomic E-state index is -1.32. The van der Waals surface area contributed by atoms with Crippen molar-refractivity contribution in [3.8, 4) is 0 Å². The molecule has 1 rings (SSSR count). The van der Waals surface area contributed by atoms with E-state index in [1.807, 2.05) is 32.9 Å². The second-order valence-corrected chi connectivity index (χ2v) is 5.83. The average molecular weight is 279 g/mol. The molecule has 5 heteroatoms. The summed E-state index contributed by atoms with van der Waals surface area (Å²) in [4.78, 5) is 23.3. The Bertz CT molecular complexity index is 503. The lowest BCUT2D eigenvalue weighted by Gasteiger charge is -2.24. The summed E-state index contributed by atoms with van der Waals surface area (Å²) in [7, 11) is 0. The third kappa shape index (κ3) is 3.81. The van der Waals surface area contributed by atoms with Crippen molar-refractivity contribution in [1.82, 2.24) is 5.32 Å². The summed E-state index contributed by atoms with van der Waals surface area (Å²) >= 11 is 0. The number of carboxylic acid groups (broad SMARTS) is 1. The SMILES string of the molecule is CC(O)C(NC(=O)c1ccccc1C(C)(C)C)C(=O)O. The molecule has 0 bridgehead atoms. The molecule has 0 saturated carbocycles. The van der Waals surface area contributed by atoms with Gasteiger partial charge in [0.1, 0.15) is 0 Å². The predicted octanol–water partition coefficient (Wildman–Crippen LogP) is 1.55. The largest absolute Gasteiger partial charge is 0.480 e. The lowest BCUT2D eigenvalue weighted by atomic mass is 9.83. The van der Waals surface area contributed by atoms with Gasteiger partial charge < -0.3 is 15.5 Å². The molecule has 5 nitrogen and oxygen atoms in total. The van der Waals surface area contributed by atoms with E-state index in [1.54, 1.807) is 12.1 Å². The minimum Gasteiger partial charge on any atom is -0.480 e. The third-order valence-electron chi connectivity index (χ3n) is 3.01. The molecule has 1 aromatic rings. The molecule has 0 aromatic heterocycles. The van der Waals surface area contributed by atoms with E-state index in [0.717, 1.165) is 5.56 Å². The second kappa shape index (κ2) is 6.05. The Morgan fingerprint density at radius 1 is 1.20 bits per heavy atom. The predicted molar refractivity (Wildman–Crippen MR) is 75.7 cm³/mol. The molecule has 0 radical (unpaired) electrons. The second-order valence-electron chi connectivity index (χ2n) is 5.83. The maximum atomic E-state index is 12.2. The Labute approximate surface area is 118 Å². The van der Waals surface area contributed by atoms with E-state index in [0.29, 0.717) is 5.56 Å². The fourth-order valence-corrected chi connectivity index (χ4v) is 1.94. The molecule has 2 unspecified atom stereocenters. The molecule has 1 aromatic carbocycles. The first-order chi connectivity index (χ1) is 9.14. The van der Waals surface area contributed by atoms with Crippen molar-refractivity contribution >= 4 is 11.9 Å². The number of carbonyl (C=O) groups is 2. The highest BCUT2D eigenvalue weighted by molar-refractivity contribution is 5.98. The van der Waals surface area contributed by atoms with Gasteiger partial charge in [-0.15, -0.1) is 0 Å². The molecule has 0 saturated heterocycles. The fraction of sp³-hybridized carbons (Fsp3) is 0.467. The number of aliphatic carboxylic acids is 1. The summed E-state index contributed by atoms with van der Waals surface area (Å²) in [5.41, 5.74) is 1.01. The van der Waals surface area contributed by atoms with Crippen molar-refractivity contribution in [2.24, 2.45) is 0 Å². The normalized spacial score (nSPS) is 14.4. The molecule has 2 atom stereocenters. The minimum absolute atomic E-state index is 0.239. The van der Waals surface area contributed by atoms with E-state index in [9.17, 15) is 14.7 Å². The van der Waals surface area contributed by atoms with Crippen molar-refractivity contribution in [2.45, 2.75) is 45.3 Å². The van der Waals surface area contributed by atoms with E-state index in [4.69, 9.17) is 5.11 Å². The van der Waals surface area contributed by atoms with Crippen molar-refractivity contribution in [1.29, 1.82) is 0 Å². The highest BCUT2D eigenvalue weighted by Gasteiger charge is 2.28. The molecule has 0 aliphatic rings. The smallest absolute Gasteiger partial charge is 0.328 e. The first-order valence-corrected chi connectivity index (χ1v) is 6.46. The molecule has 0 fully saturated rings. The Morgan fingerprint density at radius 2 is 1.75 bits per heavy atom. The zero-order valence-electron chi connectivity index (χ0n) is 12.2. The number of rotatable bonds is 4. The van der Waals surface area contributed by atoms with Crippen LogP contribution in [-0.2, 0) is 10.2 Å². The Kier molecular flexibility index (Phi) is 4.89. The number of aliphatic hydroxyl groups excluding tert-OH is 1. The fourth-order valence-electron chi connectivity index (χ4n) is 1.94. The Balaban J connectivity index is 3.07. The molecule has 0 heterocycles. The molecule has 20 heavy (non-hydrogen) atoms. The van der Waals surface area contributed by atoms with Crippen LogP contribution in [0.2, 0.25) is 0 Å². The van der Waals surface area contributed by atoms with Crippen LogP contribution in [-0.4, -0.2) is 34.2 Å². The molecule has 3 N–H and O–H groups in total. The Morgan fingerprint density at radius 3 is 2.20 bits per heavy atom. The standard InChI is InChI=1S/C15H21NO4/c1-9(17)12(14(19)20)16-13(18)10-7-5-6-8-11(10)15(2,3)4/h5-9,12,17H,1-4H3,(H,16,18)(H,19,20). The van der Waals surface area contributed by atoms with Crippen LogP contribution in [0.15, 0.2) is 24.3 Å². The number of hydrogen-bond acceptors (Lipinski definition) is 3. The summed E-state index contributed by atoms with van der Waals surface area (Å²) < 4.78 is 0. The van der Waals surface area contributed by atoms with Gasteiger partial charge in [0.05, 0.1) is 6.10 Å². The number of benzene rings is 1. The monoisotopic (exact) mass is 279 g/mol. The van der Waals surface area contributed by atoms with Crippen LogP contribution in [0.3, 0.4) is 0 Å². The zero-order chi connectivity index (χ0) is 15.5. The van der Waals surface area contributed by atoms with Crippen molar-refractivity contribution in [3.63, 3.8) is 0 Å². The van der Waals surface area contributed by atoms with E-state index in [1.165, 1.54) is 6.92 Å². The van der Waals surface area contributed by atoms with Gasteiger partial charge in [-0.3, -0.25) is 4.79 Å². The summed E-state index contributed by atoms with van der Waals surface area (Å²) in [6.07, 6.45) is -1.17. The lowest BCUT2D eigenvalue weighted by Crippen LogP contribution is -2.48. The summed E-state index contributed by atoms with van der Waals surface area (Å²) in [6.45, 7) is 7.25. The van der Waals surface area contributed by atoms with Gasteiger partial charge >= 0.3 is 5.97 Å². The highest BCUT2D eigenvalue weighted by Crippen LogP contribution is 2.25. The number of hydrogen-bond donors (Lipinski definition) is 3. The first-order valence-electron chi connectivity index (χ1n) is 6.46. The van der Waals surface area contributed by atoms with Gasteiger partial charge in [-0.1, -0.05) is 39.0 Å². The lowest BCUT2D eigenvalue weighted by molar-refractivity contribution is -0.141. The maximum Gasteiger partial charge on any atom is 0.328 e. The third-order valence-corrected chi connectivity index (χ3v) is 3.01. The van der Waals surface area contributed by atoms with Gasteiger partial charge in [0.25, 0.3) is 5.91 Å². The van der Waals surface area contributed by atoms with Crippen LogP contribution in [0.1, 0.15) is 43.6 Å². The number of aliphatic hydroxyl groups is 1. The number of amides is 1. The van der Waals surface area contributed by atoms with E-state index < -0.39 is 24.0 Å². The van der Waals surface area contributed by atoms with Gasteiger partial charge in [0, 0.05) is 5.56 Å². The van der Waals surface area contributed by atoms with Crippen LogP contribution in [0, 0.1) is 0 Å². The number of carbonyl (C=O) groups excluding carboxylic acids is 1. The molecular weight excluding hydrogens is 258 g/mol. The van der Waals surface area contributed by atoms with Crippen LogP contribution >= 0.6 is 0 Å². The highest BCUT2D eigenvalue weighted by atomic mass is 16.4. The van der Waals surface area contributed by atoms with Crippen LogP contribution in [0.5, 0.6) is 0 Å². The molecule has 0 aliphatic heterocycles. The zero-order valence-corrected chi connectivity index (χ0v) is 12.2. The van der Waals surface area contributed by atoms with Gasteiger partial charge in [-0.25, -0.2) is 4.79 Å². The summed E-state index contributed by atoms with van der Waals surface area (Å²) in [6, 6.07) is 5.72. The van der Waals surface area contributed by atoms with Gasteiger partial charge in [0.15, 0.2) is 6.04 Å². The number of carboxylic acids is 1. The molecule has 0 spiro atoms. The topological polar surface area (TPSA) is 86.6 Å². The van der Waals surface area contributed by atoms with Crippen molar-refractivity contribution in [2.75, 3.05) is 0 Å². The quantitative estimate of drug-likeness (QED) is 0.780. The summed E-state index contributed by atoms with van der Waals surface area (Å²) in [5.74, 6) is -1.76. The Hall–Kier alpha value is -1.88. The first kappa shape index (κ1) is 16.2. The number of nitrogens with one attached hydrogen (secondary N) is 1. The molecule has 110 valence electrons. The van der Waals surface area contributed by atoms with Crippen molar-refractivity contribution in [3.05, 3.63) is 35.4 Å². The van der Waals surface area contributed by atoms with E-state index in [2.05, 4.69) is 5.32 Å². The molecule has 1 amide bonds. The van der Waals surface area contributed by atoms with Gasteiger partial charge in [0.2, 0.25) is 0 Å². The van der Waals surface area contributed by atoms with Gasteiger partial charge in [-0.2, -0.15) is 0 Å². The average Bonchev–Trinajstić information content (AvgIpc) is 2.33.